The van der Waals surface area contributed by atoms with Crippen LogP contribution in [0.1, 0.15) is 17.3 Å². The van der Waals surface area contributed by atoms with E-state index in [0.29, 0.717) is 23.6 Å². The molecule has 0 bridgehead atoms. The summed E-state index contributed by atoms with van der Waals surface area (Å²) in [5.41, 5.74) is 2.86. The molecule has 0 atom stereocenters. The number of hydrogen-bond donors (Lipinski definition) is 1. The number of amides is 1. The van der Waals surface area contributed by atoms with Gasteiger partial charge in [-0.3, -0.25) is 4.79 Å². The van der Waals surface area contributed by atoms with E-state index in [-0.39, 0.29) is 5.91 Å². The molecule has 0 unspecified atom stereocenters. The number of nitrogens with one attached hydrogen (secondary N) is 1. The maximum absolute atomic E-state index is 12.2. The van der Waals surface area contributed by atoms with Crippen molar-refractivity contribution in [1.82, 2.24) is 8.75 Å². The van der Waals surface area contributed by atoms with Crippen molar-refractivity contribution in [3.05, 3.63) is 48.0 Å². The molecule has 3 aromatic rings. The van der Waals surface area contributed by atoms with Gasteiger partial charge in [-0.2, -0.15) is 8.75 Å². The molecule has 1 heterocycles. The van der Waals surface area contributed by atoms with Crippen molar-refractivity contribution in [2.45, 2.75) is 6.92 Å². The minimum atomic E-state index is -0.181. The highest BCUT2D eigenvalue weighted by atomic mass is 32.1. The van der Waals surface area contributed by atoms with E-state index in [1.807, 2.05) is 31.2 Å². The van der Waals surface area contributed by atoms with Gasteiger partial charge in [0.1, 0.15) is 16.8 Å². The first-order chi connectivity index (χ1) is 10.3. The monoisotopic (exact) mass is 299 g/mol. The van der Waals surface area contributed by atoms with Gasteiger partial charge in [-0.05, 0) is 43.3 Å². The van der Waals surface area contributed by atoms with Gasteiger partial charge in [-0.1, -0.05) is 6.07 Å². The molecule has 1 N–H and O–H groups in total. The number of aromatic nitrogens is 2. The van der Waals surface area contributed by atoms with Gasteiger partial charge < -0.3 is 10.1 Å². The molecule has 106 valence electrons. The summed E-state index contributed by atoms with van der Waals surface area (Å²) in [7, 11) is 0. The predicted octanol–water partition coefficient (Wildman–Crippen LogP) is 3.34. The third-order valence-electron chi connectivity index (χ3n) is 2.92. The number of nitrogens with zero attached hydrogens (tertiary/aromatic N) is 2. The molecular formula is C15H13N3O2S. The molecule has 1 aromatic heterocycles. The SMILES string of the molecule is CCOc1cccc(C(=O)Nc2ccc3nsnc3c2)c1. The lowest BCUT2D eigenvalue weighted by Crippen LogP contribution is -2.11. The number of fused-ring (bicyclic) bond motifs is 1. The number of anilines is 1. The second-order valence-electron chi connectivity index (χ2n) is 4.38. The first kappa shape index (κ1) is 13.5. The lowest BCUT2D eigenvalue weighted by molar-refractivity contribution is 0.102. The summed E-state index contributed by atoms with van der Waals surface area (Å²) in [6, 6.07) is 12.6. The Kier molecular flexibility index (Phi) is 3.79. The van der Waals surface area contributed by atoms with Crippen LogP contribution in [-0.4, -0.2) is 21.3 Å². The van der Waals surface area contributed by atoms with Crippen molar-refractivity contribution in [2.75, 3.05) is 11.9 Å². The zero-order valence-electron chi connectivity index (χ0n) is 11.4. The molecule has 1 amide bonds. The van der Waals surface area contributed by atoms with Crippen LogP contribution < -0.4 is 10.1 Å². The van der Waals surface area contributed by atoms with E-state index >= 15 is 0 Å². The van der Waals surface area contributed by atoms with Crippen LogP contribution in [-0.2, 0) is 0 Å². The molecule has 21 heavy (non-hydrogen) atoms. The van der Waals surface area contributed by atoms with Crippen LogP contribution >= 0.6 is 11.7 Å². The Hall–Kier alpha value is -2.47. The highest BCUT2D eigenvalue weighted by Crippen LogP contribution is 2.19. The minimum Gasteiger partial charge on any atom is -0.494 e. The Morgan fingerprint density at radius 1 is 1.19 bits per heavy atom. The zero-order chi connectivity index (χ0) is 14.7. The van der Waals surface area contributed by atoms with Gasteiger partial charge in [0.15, 0.2) is 0 Å². The van der Waals surface area contributed by atoms with Gasteiger partial charge in [0, 0.05) is 11.3 Å². The summed E-state index contributed by atoms with van der Waals surface area (Å²) < 4.78 is 13.7. The molecule has 0 aliphatic carbocycles. The fourth-order valence-corrected chi connectivity index (χ4v) is 2.47. The molecule has 0 aliphatic rings. The van der Waals surface area contributed by atoms with Gasteiger partial charge in [-0.15, -0.1) is 0 Å². The number of hydrogen-bond acceptors (Lipinski definition) is 5. The van der Waals surface area contributed by atoms with Crippen LogP contribution in [0, 0.1) is 0 Å². The minimum absolute atomic E-state index is 0.181. The van der Waals surface area contributed by atoms with E-state index in [1.165, 1.54) is 0 Å². The van der Waals surface area contributed by atoms with E-state index in [0.717, 1.165) is 22.8 Å². The fraction of sp³-hybridized carbons (Fsp3) is 0.133. The van der Waals surface area contributed by atoms with E-state index in [4.69, 9.17) is 4.74 Å². The molecule has 5 nitrogen and oxygen atoms in total. The molecule has 0 aliphatic heterocycles. The molecule has 0 saturated heterocycles. The van der Waals surface area contributed by atoms with E-state index in [2.05, 4.69) is 14.1 Å². The predicted molar refractivity (Wildman–Crippen MR) is 83.0 cm³/mol. The van der Waals surface area contributed by atoms with Crippen molar-refractivity contribution < 1.29 is 9.53 Å². The number of ether oxygens (including phenoxy) is 1. The Morgan fingerprint density at radius 3 is 2.90 bits per heavy atom. The van der Waals surface area contributed by atoms with Crippen LogP contribution in [0.4, 0.5) is 5.69 Å². The fourth-order valence-electron chi connectivity index (χ4n) is 1.96. The Labute approximate surface area is 125 Å². The molecular weight excluding hydrogens is 286 g/mol. The van der Waals surface area contributed by atoms with E-state index in [9.17, 15) is 4.79 Å². The smallest absolute Gasteiger partial charge is 0.255 e. The summed E-state index contributed by atoms with van der Waals surface area (Å²) >= 11 is 1.16. The quantitative estimate of drug-likeness (QED) is 0.802. The Morgan fingerprint density at radius 2 is 2.05 bits per heavy atom. The van der Waals surface area contributed by atoms with Crippen LogP contribution in [0.15, 0.2) is 42.5 Å². The summed E-state index contributed by atoms with van der Waals surface area (Å²) in [6.07, 6.45) is 0. The van der Waals surface area contributed by atoms with Gasteiger partial charge in [0.2, 0.25) is 0 Å². The van der Waals surface area contributed by atoms with Crippen molar-refractivity contribution in [3.63, 3.8) is 0 Å². The summed E-state index contributed by atoms with van der Waals surface area (Å²) in [5, 5.41) is 2.85. The van der Waals surface area contributed by atoms with Gasteiger partial charge in [-0.25, -0.2) is 0 Å². The molecule has 0 fully saturated rings. The van der Waals surface area contributed by atoms with Crippen LogP contribution in [0.3, 0.4) is 0 Å². The topological polar surface area (TPSA) is 64.1 Å². The van der Waals surface area contributed by atoms with Gasteiger partial charge in [0.05, 0.1) is 18.3 Å². The second-order valence-corrected chi connectivity index (χ2v) is 4.91. The molecule has 3 rings (SSSR count). The summed E-state index contributed by atoms with van der Waals surface area (Å²) in [5.74, 6) is 0.503. The van der Waals surface area contributed by atoms with Gasteiger partial charge in [0.25, 0.3) is 5.91 Å². The van der Waals surface area contributed by atoms with Crippen molar-refractivity contribution in [3.8, 4) is 5.75 Å². The first-order valence-corrected chi connectivity index (χ1v) is 7.26. The molecule has 0 spiro atoms. The molecule has 2 aromatic carbocycles. The largest absolute Gasteiger partial charge is 0.494 e. The number of carbonyl (C=O) groups is 1. The van der Waals surface area contributed by atoms with Crippen molar-refractivity contribution >= 4 is 34.4 Å². The highest BCUT2D eigenvalue weighted by Gasteiger charge is 2.08. The summed E-state index contributed by atoms with van der Waals surface area (Å²) in [4.78, 5) is 12.2. The molecule has 0 radical (unpaired) electrons. The van der Waals surface area contributed by atoms with Crippen molar-refractivity contribution in [2.24, 2.45) is 0 Å². The number of carbonyl (C=O) groups excluding carboxylic acids is 1. The highest BCUT2D eigenvalue weighted by molar-refractivity contribution is 7.00. The maximum atomic E-state index is 12.2. The number of benzene rings is 2. The maximum Gasteiger partial charge on any atom is 0.255 e. The average Bonchev–Trinajstić information content (AvgIpc) is 2.95. The van der Waals surface area contributed by atoms with E-state index < -0.39 is 0 Å². The number of rotatable bonds is 4. The van der Waals surface area contributed by atoms with E-state index in [1.54, 1.807) is 18.2 Å². The Balaban J connectivity index is 1.80. The van der Waals surface area contributed by atoms with Crippen LogP contribution in [0.2, 0.25) is 0 Å². The Bertz CT molecular complexity index is 785. The third-order valence-corrected chi connectivity index (χ3v) is 3.48. The molecule has 6 heteroatoms. The van der Waals surface area contributed by atoms with Crippen LogP contribution in [0.25, 0.3) is 11.0 Å². The van der Waals surface area contributed by atoms with Gasteiger partial charge >= 0.3 is 0 Å². The zero-order valence-corrected chi connectivity index (χ0v) is 12.2. The third kappa shape index (κ3) is 3.00. The first-order valence-electron chi connectivity index (χ1n) is 6.53. The second kappa shape index (κ2) is 5.88. The standard InChI is InChI=1S/C15H13N3O2S/c1-2-20-12-5-3-4-10(8-12)15(19)16-11-6-7-13-14(9-11)18-21-17-13/h3-9H,2H2,1H3,(H,16,19). The normalized spacial score (nSPS) is 10.5. The lowest BCUT2D eigenvalue weighted by atomic mass is 10.2. The molecule has 0 saturated carbocycles. The lowest BCUT2D eigenvalue weighted by Gasteiger charge is -2.07. The summed E-state index contributed by atoms with van der Waals surface area (Å²) in [6.45, 7) is 2.47. The van der Waals surface area contributed by atoms with Crippen molar-refractivity contribution in [1.29, 1.82) is 0 Å². The average molecular weight is 299 g/mol. The van der Waals surface area contributed by atoms with Crippen LogP contribution in [0.5, 0.6) is 5.75 Å².